The van der Waals surface area contributed by atoms with Crippen molar-refractivity contribution >= 4 is 39.2 Å². The van der Waals surface area contributed by atoms with E-state index in [0.29, 0.717) is 24.1 Å². The number of thioether (sulfide) groups is 1. The zero-order valence-electron chi connectivity index (χ0n) is 23.8. The van der Waals surface area contributed by atoms with Crippen LogP contribution in [-0.4, -0.2) is 59.2 Å². The molecule has 2 aromatic rings. The average molecular weight is 613 g/mol. The van der Waals surface area contributed by atoms with Gasteiger partial charge in [0.25, 0.3) is 10.1 Å². The Morgan fingerprint density at radius 1 is 1.10 bits per heavy atom. The van der Waals surface area contributed by atoms with Crippen molar-refractivity contribution in [3.05, 3.63) is 87.8 Å². The molecule has 2 atom stereocenters. The molecule has 0 saturated carbocycles. The van der Waals surface area contributed by atoms with E-state index in [-0.39, 0.29) is 24.4 Å². The number of hydrogen-bond acceptors (Lipinski definition) is 8. The van der Waals surface area contributed by atoms with Gasteiger partial charge in [-0.1, -0.05) is 56.0 Å². The molecule has 0 bridgehead atoms. The monoisotopic (exact) mass is 612 g/mol. The molecule has 42 heavy (non-hydrogen) atoms. The summed E-state index contributed by atoms with van der Waals surface area (Å²) >= 11 is 1.60. The third-order valence-corrected chi connectivity index (χ3v) is 10.1. The average Bonchev–Trinajstić information content (AvgIpc) is 3.38. The third kappa shape index (κ3) is 5.70. The topological polar surface area (TPSA) is 139 Å². The Hall–Kier alpha value is -3.25. The number of aliphatic hydroxyl groups is 2. The number of benzene rings is 2. The van der Waals surface area contributed by atoms with E-state index >= 15 is 0 Å². The standard InChI is InChI=1S/C31H36N2O7S2/c1-4-32-24-9-5-6-10-25(24)41-27(32)18-21-29(36)20(30(21)37)17-26-31(2,3)22-15-19(16-28(34)35)11-12-23(22)33(26)13-7-8-14-42(38,39)40/h5-6,9-12,15,17-18,20,29,36-37H,4,7-8,13-14,16H2,1-3H3,(H,34,35)(H,38,39,40)/b26-17+,27-18-. The maximum absolute atomic E-state index is 11.4. The lowest BCUT2D eigenvalue weighted by molar-refractivity contribution is -0.136. The molecule has 2 aliphatic heterocycles. The molecule has 2 heterocycles. The van der Waals surface area contributed by atoms with Crippen molar-refractivity contribution in [2.24, 2.45) is 5.92 Å². The van der Waals surface area contributed by atoms with Crippen LogP contribution in [0.3, 0.4) is 0 Å². The number of fused-ring (bicyclic) bond motifs is 2. The van der Waals surface area contributed by atoms with Gasteiger partial charge in [-0.3, -0.25) is 9.35 Å². The second-order valence-corrected chi connectivity index (χ2v) is 14.0. The number of unbranched alkanes of at least 4 members (excludes halogenated alkanes) is 1. The summed E-state index contributed by atoms with van der Waals surface area (Å²) in [7, 11) is -4.07. The van der Waals surface area contributed by atoms with Gasteiger partial charge in [-0.15, -0.1) is 0 Å². The van der Waals surface area contributed by atoms with Crippen molar-refractivity contribution in [3.63, 3.8) is 0 Å². The molecule has 0 fully saturated rings. The lowest BCUT2D eigenvalue weighted by atomic mass is 9.76. The van der Waals surface area contributed by atoms with Gasteiger partial charge in [0.05, 0.1) is 34.9 Å². The Labute approximate surface area is 250 Å². The molecule has 0 amide bonds. The molecule has 2 aromatic carbocycles. The highest BCUT2D eigenvalue weighted by atomic mass is 32.2. The van der Waals surface area contributed by atoms with E-state index in [4.69, 9.17) is 4.55 Å². The van der Waals surface area contributed by atoms with Crippen molar-refractivity contribution in [3.8, 4) is 0 Å². The van der Waals surface area contributed by atoms with Gasteiger partial charge in [-0.05, 0) is 55.2 Å². The van der Waals surface area contributed by atoms with Crippen LogP contribution < -0.4 is 9.80 Å². The molecule has 5 rings (SSSR count). The van der Waals surface area contributed by atoms with Gasteiger partial charge in [-0.25, -0.2) is 0 Å². The van der Waals surface area contributed by atoms with Gasteiger partial charge in [0, 0.05) is 40.4 Å². The van der Waals surface area contributed by atoms with Crippen molar-refractivity contribution in [2.75, 3.05) is 28.6 Å². The number of aliphatic hydroxyl groups excluding tert-OH is 2. The van der Waals surface area contributed by atoms with Gasteiger partial charge >= 0.3 is 5.97 Å². The van der Waals surface area contributed by atoms with Crippen molar-refractivity contribution in [1.82, 2.24) is 0 Å². The van der Waals surface area contributed by atoms with Gasteiger partial charge in [-0.2, -0.15) is 8.42 Å². The molecule has 11 heteroatoms. The Balaban J connectivity index is 1.46. The van der Waals surface area contributed by atoms with Crippen LogP contribution in [0.5, 0.6) is 0 Å². The number of anilines is 2. The van der Waals surface area contributed by atoms with Gasteiger partial charge < -0.3 is 25.1 Å². The molecule has 1 aliphatic carbocycles. The maximum Gasteiger partial charge on any atom is 0.307 e. The highest BCUT2D eigenvalue weighted by Gasteiger charge is 2.44. The summed E-state index contributed by atoms with van der Waals surface area (Å²) in [6, 6.07) is 13.6. The summed E-state index contributed by atoms with van der Waals surface area (Å²) in [4.78, 5) is 16.7. The second-order valence-electron chi connectivity index (χ2n) is 11.4. The highest BCUT2D eigenvalue weighted by Crippen LogP contribution is 2.51. The Kier molecular flexibility index (Phi) is 8.23. The number of nitrogens with zero attached hydrogens (tertiary/aromatic N) is 2. The molecule has 4 N–H and O–H groups in total. The first-order chi connectivity index (χ1) is 19.8. The normalized spacial score (nSPS) is 23.0. The molecule has 0 aromatic heterocycles. The fraction of sp³-hybridized carbons (Fsp3) is 0.387. The smallest absolute Gasteiger partial charge is 0.307 e. The molecule has 2 unspecified atom stereocenters. The molecular weight excluding hydrogens is 576 g/mol. The highest BCUT2D eigenvalue weighted by molar-refractivity contribution is 8.03. The van der Waals surface area contributed by atoms with Crippen LogP contribution in [0.25, 0.3) is 0 Å². The molecule has 0 spiro atoms. The summed E-state index contributed by atoms with van der Waals surface area (Å²) in [5, 5.41) is 32.7. The van der Waals surface area contributed by atoms with Crippen molar-refractivity contribution in [1.29, 1.82) is 0 Å². The van der Waals surface area contributed by atoms with E-state index in [1.165, 1.54) is 0 Å². The Morgan fingerprint density at radius 2 is 1.83 bits per heavy atom. The summed E-state index contributed by atoms with van der Waals surface area (Å²) in [5.41, 5.74) is 4.27. The van der Waals surface area contributed by atoms with Crippen LogP contribution in [0.4, 0.5) is 11.4 Å². The molecular formula is C31H36N2O7S2. The van der Waals surface area contributed by atoms with E-state index in [2.05, 4.69) is 24.0 Å². The molecule has 0 radical (unpaired) electrons. The van der Waals surface area contributed by atoms with E-state index in [0.717, 1.165) is 39.1 Å². The van der Waals surface area contributed by atoms with Crippen molar-refractivity contribution in [2.45, 2.75) is 56.4 Å². The predicted octanol–water partition coefficient (Wildman–Crippen LogP) is 5.24. The van der Waals surface area contributed by atoms with Crippen LogP contribution in [0.1, 0.15) is 44.7 Å². The largest absolute Gasteiger partial charge is 0.511 e. The first-order valence-corrected chi connectivity index (χ1v) is 16.4. The second kappa shape index (κ2) is 11.4. The fourth-order valence-electron chi connectivity index (χ4n) is 6.01. The minimum atomic E-state index is -4.07. The van der Waals surface area contributed by atoms with Crippen molar-refractivity contribution < 1.29 is 33.1 Å². The quantitative estimate of drug-likeness (QED) is 0.208. The first kappa shape index (κ1) is 30.2. The van der Waals surface area contributed by atoms with Gasteiger partial charge in [0.15, 0.2) is 0 Å². The van der Waals surface area contributed by atoms with Crippen LogP contribution in [0, 0.1) is 5.92 Å². The number of carboxylic acid groups (broad SMARTS) is 1. The maximum atomic E-state index is 11.4. The summed E-state index contributed by atoms with van der Waals surface area (Å²) in [5.74, 6) is -1.81. The number of carbonyl (C=O) groups is 1. The van der Waals surface area contributed by atoms with Crippen LogP contribution in [0.2, 0.25) is 0 Å². The van der Waals surface area contributed by atoms with Crippen LogP contribution in [-0.2, 0) is 26.7 Å². The minimum Gasteiger partial charge on any atom is -0.511 e. The molecule has 3 aliphatic rings. The zero-order valence-corrected chi connectivity index (χ0v) is 25.5. The zero-order chi connectivity index (χ0) is 30.4. The van der Waals surface area contributed by atoms with Crippen LogP contribution in [0.15, 0.2) is 81.6 Å². The SMILES string of the molecule is CCN1/C(=C/C2=C(O)C(/C=C3/N(CCCCS(=O)(=O)O)c4ccc(CC(=O)O)cc4C3(C)C)C2O)Sc2ccccc21. The number of aliphatic carboxylic acids is 1. The van der Waals surface area contributed by atoms with E-state index in [1.54, 1.807) is 17.8 Å². The number of hydrogen-bond donors (Lipinski definition) is 4. The Morgan fingerprint density at radius 3 is 2.50 bits per heavy atom. The molecule has 0 saturated heterocycles. The number of allylic oxidation sites excluding steroid dienone is 1. The number of carboxylic acids is 1. The lowest BCUT2D eigenvalue weighted by Crippen LogP contribution is -2.37. The van der Waals surface area contributed by atoms with Gasteiger partial charge in [0.1, 0.15) is 5.76 Å². The van der Waals surface area contributed by atoms with E-state index < -0.39 is 33.5 Å². The summed E-state index contributed by atoms with van der Waals surface area (Å²) in [6.45, 7) is 7.28. The summed E-state index contributed by atoms with van der Waals surface area (Å²) in [6.07, 6.45) is 3.42. The lowest BCUT2D eigenvalue weighted by Gasteiger charge is -2.36. The minimum absolute atomic E-state index is 0.0970. The third-order valence-electron chi connectivity index (χ3n) is 8.19. The van der Waals surface area contributed by atoms with E-state index in [9.17, 15) is 28.5 Å². The molecule has 9 nitrogen and oxygen atoms in total. The summed E-state index contributed by atoms with van der Waals surface area (Å²) < 4.78 is 31.7. The predicted molar refractivity (Wildman–Crippen MR) is 164 cm³/mol. The number of para-hydroxylation sites is 1. The van der Waals surface area contributed by atoms with E-state index in [1.807, 2.05) is 55.2 Å². The fourth-order valence-corrected chi connectivity index (χ4v) is 7.76. The van der Waals surface area contributed by atoms with Crippen LogP contribution >= 0.6 is 11.8 Å². The molecule has 224 valence electrons. The first-order valence-electron chi connectivity index (χ1n) is 14.0. The Bertz CT molecular complexity index is 1610. The van der Waals surface area contributed by atoms with Gasteiger partial charge in [0.2, 0.25) is 0 Å². The number of rotatable bonds is 10.